The Morgan fingerprint density at radius 2 is 1.03 bits per heavy atom. The minimum Gasteiger partial charge on any atom is -0.508 e. The molecule has 7 N–H and O–H groups in total. The van der Waals surface area contributed by atoms with Crippen LogP contribution in [0.3, 0.4) is 0 Å². The van der Waals surface area contributed by atoms with Gasteiger partial charge < -0.3 is 36.0 Å². The van der Waals surface area contributed by atoms with Crippen LogP contribution in [0.4, 0.5) is 0 Å². The second kappa shape index (κ2) is 29.5. The van der Waals surface area contributed by atoms with Gasteiger partial charge in [-0.2, -0.15) is 0 Å². The Balaban J connectivity index is -0.000000126. The smallest absolute Gasteiger partial charge is 0.508 e. The standard InChI is InChI=1S/C13H21NO2.4C3H8O.Ti/c1-10(2)7-12(9-15)14-8-11-5-3-4-6-13(11)16;4*1-3(2)4;/h3-6,10,12,14-16H,7-9H2,1-2H3;4*3-4H,1-2H3;/q;;;;;+4/t12-;;;;;/m0...../s1. The van der Waals surface area contributed by atoms with Crippen molar-refractivity contribution in [1.82, 2.24) is 5.32 Å². The first-order valence-electron chi connectivity index (χ1n) is 11.4. The summed E-state index contributed by atoms with van der Waals surface area (Å²) in [6.07, 6.45) is 0.268. The number of hydrogen-bond donors (Lipinski definition) is 7. The monoisotopic (exact) mass is 511 g/mol. The van der Waals surface area contributed by atoms with Gasteiger partial charge in [0.1, 0.15) is 5.75 Å². The molecular formula is C25H53NO6Ti+4. The summed E-state index contributed by atoms with van der Waals surface area (Å²) in [5, 5.41) is 54.2. The topological polar surface area (TPSA) is 133 Å². The summed E-state index contributed by atoms with van der Waals surface area (Å²) in [6.45, 7) is 18.8. The normalized spacial score (nSPS) is 10.7. The molecule has 0 aliphatic carbocycles. The fourth-order valence-electron chi connectivity index (χ4n) is 1.71. The Bertz CT molecular complexity index is 451. The SMILES string of the molecule is CC(C)C[C@@H](CO)NCc1ccccc1O.CC(C)O.CC(C)O.CC(C)O.CC(C)O.[Ti+4]. The third-order valence-corrected chi connectivity index (χ3v) is 2.55. The van der Waals surface area contributed by atoms with Gasteiger partial charge in [-0.25, -0.2) is 0 Å². The molecule has 1 aromatic rings. The molecule has 0 aromatic heterocycles. The molecule has 0 fully saturated rings. The van der Waals surface area contributed by atoms with E-state index in [1.54, 1.807) is 67.5 Å². The van der Waals surface area contributed by atoms with E-state index in [1.165, 1.54) is 0 Å². The Kier molecular flexibility index (Phi) is 38.1. The van der Waals surface area contributed by atoms with Crippen molar-refractivity contribution in [3.8, 4) is 5.75 Å². The summed E-state index contributed by atoms with van der Waals surface area (Å²) >= 11 is 0. The first kappa shape index (κ1) is 42.6. The van der Waals surface area contributed by atoms with E-state index in [4.69, 9.17) is 20.4 Å². The van der Waals surface area contributed by atoms with Crippen LogP contribution in [0.2, 0.25) is 0 Å². The molecule has 33 heavy (non-hydrogen) atoms. The Hall–Kier alpha value is -0.506. The number of aromatic hydroxyl groups is 1. The third-order valence-electron chi connectivity index (χ3n) is 2.55. The molecule has 0 unspecified atom stereocenters. The fourth-order valence-corrected chi connectivity index (χ4v) is 1.71. The number of rotatable bonds is 6. The van der Waals surface area contributed by atoms with Crippen LogP contribution in [0.15, 0.2) is 24.3 Å². The molecule has 0 amide bonds. The first-order valence-corrected chi connectivity index (χ1v) is 11.4. The first-order chi connectivity index (χ1) is 14.6. The van der Waals surface area contributed by atoms with Crippen LogP contribution in [0.25, 0.3) is 0 Å². The fraction of sp³-hybridized carbons (Fsp3) is 0.760. The molecular weight excluding hydrogens is 458 g/mol. The molecule has 8 heteroatoms. The van der Waals surface area contributed by atoms with E-state index >= 15 is 0 Å². The van der Waals surface area contributed by atoms with Crippen LogP contribution in [-0.4, -0.2) is 67.7 Å². The van der Waals surface area contributed by atoms with Gasteiger partial charge in [0.05, 0.1) is 6.61 Å². The van der Waals surface area contributed by atoms with Gasteiger partial charge in [0.25, 0.3) is 0 Å². The summed E-state index contributed by atoms with van der Waals surface area (Å²) in [6, 6.07) is 7.35. The van der Waals surface area contributed by atoms with Crippen LogP contribution in [-0.2, 0) is 28.3 Å². The van der Waals surface area contributed by atoms with Crippen molar-refractivity contribution >= 4 is 0 Å². The van der Waals surface area contributed by atoms with E-state index in [2.05, 4.69) is 19.2 Å². The van der Waals surface area contributed by atoms with Crippen molar-refractivity contribution in [1.29, 1.82) is 0 Å². The average molecular weight is 512 g/mol. The van der Waals surface area contributed by atoms with Gasteiger partial charge in [-0.3, -0.25) is 0 Å². The zero-order valence-corrected chi connectivity index (χ0v) is 24.1. The molecule has 1 rings (SSSR count). The van der Waals surface area contributed by atoms with Crippen molar-refractivity contribution in [2.45, 2.75) is 113 Å². The van der Waals surface area contributed by atoms with Gasteiger partial charge in [-0.1, -0.05) is 32.0 Å². The van der Waals surface area contributed by atoms with E-state index in [0.29, 0.717) is 18.2 Å². The maximum Gasteiger partial charge on any atom is 4.00 e. The summed E-state index contributed by atoms with van der Waals surface area (Å²) < 4.78 is 0. The zero-order chi connectivity index (χ0) is 26.3. The Morgan fingerprint density at radius 1 is 0.697 bits per heavy atom. The van der Waals surface area contributed by atoms with Crippen molar-refractivity contribution < 1.29 is 52.4 Å². The summed E-state index contributed by atoms with van der Waals surface area (Å²) in [7, 11) is 0. The summed E-state index contributed by atoms with van der Waals surface area (Å²) in [5.41, 5.74) is 0.865. The Morgan fingerprint density at radius 3 is 1.30 bits per heavy atom. The minimum atomic E-state index is -0.167. The number of para-hydroxylation sites is 1. The summed E-state index contributed by atoms with van der Waals surface area (Å²) in [5.74, 6) is 0.852. The number of hydrogen-bond acceptors (Lipinski definition) is 7. The maximum absolute atomic E-state index is 9.58. The molecule has 0 aliphatic heterocycles. The number of nitrogens with one attached hydrogen (secondary N) is 1. The number of benzene rings is 1. The number of phenols is 1. The Labute approximate surface area is 218 Å². The van der Waals surface area contributed by atoms with E-state index < -0.39 is 0 Å². The molecule has 0 saturated carbocycles. The van der Waals surface area contributed by atoms with Gasteiger partial charge in [0.15, 0.2) is 0 Å². The molecule has 7 nitrogen and oxygen atoms in total. The molecule has 1 aromatic carbocycles. The molecule has 0 aliphatic rings. The number of phenolic OH excluding ortho intramolecular Hbond substituents is 1. The zero-order valence-electron chi connectivity index (χ0n) is 22.6. The van der Waals surface area contributed by atoms with E-state index in [1.807, 2.05) is 12.1 Å². The van der Waals surface area contributed by atoms with Crippen molar-refractivity contribution in [2.24, 2.45) is 5.92 Å². The van der Waals surface area contributed by atoms with Crippen molar-refractivity contribution in [2.75, 3.05) is 6.61 Å². The second-order valence-electron chi connectivity index (χ2n) is 8.89. The largest absolute Gasteiger partial charge is 4.00 e. The maximum atomic E-state index is 9.58. The van der Waals surface area contributed by atoms with Gasteiger partial charge in [0, 0.05) is 42.6 Å². The molecule has 0 bridgehead atoms. The minimum absolute atomic E-state index is 0. The van der Waals surface area contributed by atoms with Crippen LogP contribution in [0.5, 0.6) is 5.75 Å². The van der Waals surface area contributed by atoms with E-state index in [9.17, 15) is 10.2 Å². The molecule has 0 radical (unpaired) electrons. The molecule has 194 valence electrons. The summed E-state index contributed by atoms with van der Waals surface area (Å²) in [4.78, 5) is 0. The molecule has 0 spiro atoms. The molecule has 0 saturated heterocycles. The van der Waals surface area contributed by atoms with Crippen molar-refractivity contribution in [3.63, 3.8) is 0 Å². The number of aliphatic hydroxyl groups excluding tert-OH is 5. The van der Waals surface area contributed by atoms with Crippen LogP contribution in [0, 0.1) is 5.92 Å². The van der Waals surface area contributed by atoms with Gasteiger partial charge in [0.2, 0.25) is 0 Å². The van der Waals surface area contributed by atoms with E-state index in [-0.39, 0.29) is 58.8 Å². The average Bonchev–Trinajstić information content (AvgIpc) is 2.57. The van der Waals surface area contributed by atoms with Gasteiger partial charge >= 0.3 is 21.7 Å². The molecule has 1 atom stereocenters. The number of aliphatic hydroxyl groups is 5. The quantitative estimate of drug-likeness (QED) is 0.291. The predicted molar refractivity (Wildman–Crippen MR) is 135 cm³/mol. The van der Waals surface area contributed by atoms with Crippen LogP contribution >= 0.6 is 0 Å². The second-order valence-corrected chi connectivity index (χ2v) is 8.89. The van der Waals surface area contributed by atoms with Gasteiger partial charge in [-0.15, -0.1) is 0 Å². The van der Waals surface area contributed by atoms with E-state index in [0.717, 1.165) is 12.0 Å². The van der Waals surface area contributed by atoms with Crippen LogP contribution in [0.1, 0.15) is 81.2 Å². The third kappa shape index (κ3) is 59.3. The van der Waals surface area contributed by atoms with Gasteiger partial charge in [-0.05, 0) is 73.8 Å². The van der Waals surface area contributed by atoms with Crippen LogP contribution < -0.4 is 5.32 Å². The molecule has 0 heterocycles. The van der Waals surface area contributed by atoms with Crippen molar-refractivity contribution in [3.05, 3.63) is 29.8 Å². The predicted octanol–water partition coefficient (Wildman–Crippen LogP) is 3.43.